The van der Waals surface area contributed by atoms with Gasteiger partial charge in [0.2, 0.25) is 5.91 Å². The van der Waals surface area contributed by atoms with Gasteiger partial charge in [0.25, 0.3) is 10.0 Å². The van der Waals surface area contributed by atoms with E-state index in [0.29, 0.717) is 16.7 Å². The second-order valence-electron chi connectivity index (χ2n) is 10.5. The molecule has 4 aromatic rings. The van der Waals surface area contributed by atoms with Crippen LogP contribution in [0.25, 0.3) is 28.0 Å². The minimum atomic E-state index is -5.11. The third-order valence-electron chi connectivity index (χ3n) is 7.46. The van der Waals surface area contributed by atoms with E-state index >= 15 is 8.78 Å². The molecule has 0 spiro atoms. The van der Waals surface area contributed by atoms with Crippen LogP contribution in [0, 0.1) is 11.6 Å². The molecule has 3 aromatic heterocycles. The smallest absolute Gasteiger partial charge is 0.350 e. The van der Waals surface area contributed by atoms with Crippen LogP contribution in [-0.2, 0) is 21.0 Å². The van der Waals surface area contributed by atoms with Crippen LogP contribution in [0.3, 0.4) is 0 Å². The summed E-state index contributed by atoms with van der Waals surface area (Å²) in [5, 5.41) is -0.824. The molecule has 1 amide bonds. The summed E-state index contributed by atoms with van der Waals surface area (Å²) in [5.74, 6) is -3.26. The second kappa shape index (κ2) is 11.9. The fourth-order valence-electron chi connectivity index (χ4n) is 5.24. The highest BCUT2D eigenvalue weighted by Crippen LogP contribution is 2.40. The molecule has 0 saturated carbocycles. The highest BCUT2D eigenvalue weighted by Gasteiger charge is 2.37. The Morgan fingerprint density at radius 2 is 1.80 bits per heavy atom. The zero-order valence-corrected chi connectivity index (χ0v) is 25.4. The summed E-state index contributed by atoms with van der Waals surface area (Å²) in [6, 6.07) is 4.84. The average Bonchev–Trinajstić information content (AvgIpc) is 3.00. The lowest BCUT2D eigenvalue weighted by Crippen LogP contribution is -2.54. The number of sulfonamides is 1. The maximum Gasteiger partial charge on any atom is 0.417 e. The monoisotopic (exact) mass is 663 g/mol. The molecule has 11 nitrogen and oxygen atoms in total. The maximum atomic E-state index is 15.9. The van der Waals surface area contributed by atoms with Gasteiger partial charge in [-0.15, -0.1) is 0 Å². The van der Waals surface area contributed by atoms with Crippen molar-refractivity contribution < 1.29 is 35.2 Å². The highest BCUT2D eigenvalue weighted by molar-refractivity contribution is 7.89. The quantitative estimate of drug-likeness (QED) is 0.227. The van der Waals surface area contributed by atoms with Gasteiger partial charge in [0.05, 0.1) is 22.2 Å². The average molecular weight is 664 g/mol. The summed E-state index contributed by atoms with van der Waals surface area (Å²) < 4.78 is 101. The molecule has 1 atom stereocenters. The first-order chi connectivity index (χ1) is 21.6. The number of alkyl halides is 3. The number of piperazine rings is 1. The topological polar surface area (TPSA) is 122 Å². The standard InChI is InChI=1S/C29H26F5N7O4S/c1-5-22(42)39-12-13-40(16(2)15-39)25-17-14-20(31)24(23-18(29(32,33)34)8-6-9-19(23)30)36-26(17)41(28(43)37-25)21-10-7-11-35-27(21)46(44,45)38(3)4/h5-11,14,16H,1,12-13,15H2,2-4H3/t16-/m0/s1. The van der Waals surface area contributed by atoms with Crippen LogP contribution in [0.1, 0.15) is 12.5 Å². The number of carbonyl (C=O) groups excluding carboxylic acids is 1. The molecule has 1 aliphatic rings. The van der Waals surface area contributed by atoms with E-state index in [9.17, 15) is 31.2 Å². The van der Waals surface area contributed by atoms with Crippen molar-refractivity contribution in [3.8, 4) is 16.9 Å². The number of benzene rings is 1. The molecule has 5 rings (SSSR count). The number of fused-ring (bicyclic) bond motifs is 1. The van der Waals surface area contributed by atoms with Crippen LogP contribution in [0.15, 0.2) is 65.1 Å². The number of anilines is 1. The van der Waals surface area contributed by atoms with Crippen LogP contribution in [0.4, 0.5) is 27.8 Å². The number of pyridine rings is 2. The fourth-order valence-corrected chi connectivity index (χ4v) is 6.21. The number of aromatic nitrogens is 4. The number of carbonyl (C=O) groups is 1. The van der Waals surface area contributed by atoms with Crippen molar-refractivity contribution in [3.05, 3.63) is 82.9 Å². The minimum absolute atomic E-state index is 0.106. The predicted molar refractivity (Wildman–Crippen MR) is 158 cm³/mol. The molecule has 1 fully saturated rings. The number of rotatable bonds is 6. The van der Waals surface area contributed by atoms with E-state index in [4.69, 9.17) is 0 Å². The molecular weight excluding hydrogens is 637 g/mol. The lowest BCUT2D eigenvalue weighted by molar-refractivity contribution is -0.137. The normalized spacial score (nSPS) is 15.9. The molecule has 1 aliphatic heterocycles. The Hall–Kier alpha value is -4.77. The van der Waals surface area contributed by atoms with Gasteiger partial charge in [-0.3, -0.25) is 4.79 Å². The molecule has 46 heavy (non-hydrogen) atoms. The number of nitrogens with zero attached hydrogens (tertiary/aromatic N) is 7. The first-order valence-corrected chi connectivity index (χ1v) is 15.1. The third-order valence-corrected chi connectivity index (χ3v) is 9.22. The van der Waals surface area contributed by atoms with E-state index in [1.165, 1.54) is 31.1 Å². The molecule has 4 heterocycles. The lowest BCUT2D eigenvalue weighted by atomic mass is 10.0. The van der Waals surface area contributed by atoms with Crippen LogP contribution in [-0.4, -0.2) is 82.8 Å². The molecule has 242 valence electrons. The van der Waals surface area contributed by atoms with Crippen molar-refractivity contribution in [1.29, 1.82) is 0 Å². The molecule has 1 saturated heterocycles. The Bertz CT molecular complexity index is 2050. The second-order valence-corrected chi connectivity index (χ2v) is 12.6. The zero-order valence-electron chi connectivity index (χ0n) is 24.6. The largest absolute Gasteiger partial charge is 0.417 e. The van der Waals surface area contributed by atoms with Crippen molar-refractivity contribution in [2.75, 3.05) is 38.6 Å². The van der Waals surface area contributed by atoms with Gasteiger partial charge in [0.1, 0.15) is 17.3 Å². The van der Waals surface area contributed by atoms with Crippen LogP contribution >= 0.6 is 0 Å². The van der Waals surface area contributed by atoms with Gasteiger partial charge in [-0.05, 0) is 43.3 Å². The van der Waals surface area contributed by atoms with Crippen molar-refractivity contribution in [1.82, 2.24) is 28.7 Å². The Morgan fingerprint density at radius 1 is 1.09 bits per heavy atom. The van der Waals surface area contributed by atoms with Crippen molar-refractivity contribution >= 4 is 32.8 Å². The maximum absolute atomic E-state index is 15.9. The van der Waals surface area contributed by atoms with Crippen molar-refractivity contribution in [2.45, 2.75) is 24.2 Å². The summed E-state index contributed by atoms with van der Waals surface area (Å²) in [4.78, 5) is 41.3. The Kier molecular flexibility index (Phi) is 8.41. The van der Waals surface area contributed by atoms with Gasteiger partial charge in [-0.2, -0.15) is 18.2 Å². The van der Waals surface area contributed by atoms with Crippen LogP contribution in [0.5, 0.6) is 0 Å². The lowest BCUT2D eigenvalue weighted by Gasteiger charge is -2.40. The number of amides is 1. The summed E-state index contributed by atoms with van der Waals surface area (Å²) in [5.41, 5.74) is -5.81. The van der Waals surface area contributed by atoms with Gasteiger partial charge in [-0.1, -0.05) is 12.6 Å². The van der Waals surface area contributed by atoms with E-state index in [1.807, 2.05) is 0 Å². The van der Waals surface area contributed by atoms with E-state index in [2.05, 4.69) is 21.5 Å². The Morgan fingerprint density at radius 3 is 2.43 bits per heavy atom. The molecule has 0 radical (unpaired) electrons. The first kappa shape index (κ1) is 32.6. The molecule has 0 unspecified atom stereocenters. The van der Waals surface area contributed by atoms with E-state index in [-0.39, 0.29) is 42.4 Å². The molecule has 0 bridgehead atoms. The van der Waals surface area contributed by atoms with Gasteiger partial charge in [0.15, 0.2) is 16.5 Å². The summed E-state index contributed by atoms with van der Waals surface area (Å²) >= 11 is 0. The van der Waals surface area contributed by atoms with Gasteiger partial charge in [0, 0.05) is 46.0 Å². The predicted octanol–water partition coefficient (Wildman–Crippen LogP) is 3.61. The Balaban J connectivity index is 1.87. The highest BCUT2D eigenvalue weighted by atomic mass is 32.2. The van der Waals surface area contributed by atoms with E-state index in [1.54, 1.807) is 11.8 Å². The van der Waals surface area contributed by atoms with Gasteiger partial charge < -0.3 is 9.80 Å². The molecule has 1 aromatic carbocycles. The zero-order chi connectivity index (χ0) is 33.7. The van der Waals surface area contributed by atoms with Crippen LogP contribution in [0.2, 0.25) is 0 Å². The summed E-state index contributed by atoms with van der Waals surface area (Å²) in [6.07, 6.45) is -2.82. The van der Waals surface area contributed by atoms with E-state index in [0.717, 1.165) is 28.7 Å². The summed E-state index contributed by atoms with van der Waals surface area (Å²) in [6.45, 7) is 5.60. The Labute approximate surface area is 259 Å². The van der Waals surface area contributed by atoms with E-state index < -0.39 is 67.1 Å². The molecule has 17 heteroatoms. The van der Waals surface area contributed by atoms with Crippen molar-refractivity contribution in [2.24, 2.45) is 0 Å². The van der Waals surface area contributed by atoms with Gasteiger partial charge >= 0.3 is 11.9 Å². The molecule has 0 N–H and O–H groups in total. The summed E-state index contributed by atoms with van der Waals surface area (Å²) in [7, 11) is -1.89. The minimum Gasteiger partial charge on any atom is -0.350 e. The fraction of sp³-hybridized carbons (Fsp3) is 0.276. The number of hydrogen-bond donors (Lipinski definition) is 0. The first-order valence-electron chi connectivity index (χ1n) is 13.6. The molecular formula is C29H26F5N7O4S. The van der Waals surface area contributed by atoms with Crippen molar-refractivity contribution in [3.63, 3.8) is 0 Å². The number of halogens is 5. The molecule has 0 aliphatic carbocycles. The number of hydrogen-bond acceptors (Lipinski definition) is 8. The third kappa shape index (κ3) is 5.60. The SMILES string of the molecule is C=CC(=O)N1CCN(c2nc(=O)n(-c3cccnc3S(=O)(=O)N(C)C)c3nc(-c4c(F)cccc4C(F)(F)F)c(F)cc23)[C@@H](C)C1. The van der Waals surface area contributed by atoms with Gasteiger partial charge in [-0.25, -0.2) is 40.8 Å². The van der Waals surface area contributed by atoms with Crippen LogP contribution < -0.4 is 10.6 Å².